The number of carbonyl (C=O) groups is 1. The van der Waals surface area contributed by atoms with Gasteiger partial charge in [0.25, 0.3) is 5.91 Å². The van der Waals surface area contributed by atoms with Crippen molar-refractivity contribution >= 4 is 24.1 Å². The van der Waals surface area contributed by atoms with Crippen LogP contribution < -0.4 is 19.7 Å². The van der Waals surface area contributed by atoms with Gasteiger partial charge in [0.2, 0.25) is 0 Å². The number of morpholine rings is 1. The monoisotopic (exact) mass is 610 g/mol. The van der Waals surface area contributed by atoms with Gasteiger partial charge in [-0.15, -0.1) is 12.4 Å². The van der Waals surface area contributed by atoms with Gasteiger partial charge in [-0.3, -0.25) is 9.78 Å². The Kier molecular flexibility index (Phi) is 8.14. The average molecular weight is 611 g/mol. The number of carbonyl (C=O) groups excluding carboxylic acids is 1. The summed E-state index contributed by atoms with van der Waals surface area (Å²) in [5, 5.41) is 3.41. The van der Waals surface area contributed by atoms with E-state index in [1.807, 2.05) is 26.1 Å². The number of halogens is 2. The first kappa shape index (κ1) is 29.5. The number of aromatic nitrogens is 3. The number of anilines is 1. The molecule has 10 nitrogen and oxygen atoms in total. The zero-order valence-electron chi connectivity index (χ0n) is 24.3. The van der Waals surface area contributed by atoms with Gasteiger partial charge in [-0.25, -0.2) is 14.4 Å². The van der Waals surface area contributed by atoms with Crippen molar-refractivity contribution in [3.8, 4) is 17.2 Å². The van der Waals surface area contributed by atoms with Gasteiger partial charge >= 0.3 is 0 Å². The molecule has 0 bridgehead atoms. The molecule has 1 amide bonds. The molecular formula is C31H36ClFN6O4. The van der Waals surface area contributed by atoms with Crippen LogP contribution in [0.1, 0.15) is 48.3 Å². The van der Waals surface area contributed by atoms with Gasteiger partial charge in [-0.05, 0) is 51.0 Å². The summed E-state index contributed by atoms with van der Waals surface area (Å²) in [6, 6.07) is 5.73. The summed E-state index contributed by atoms with van der Waals surface area (Å²) >= 11 is 0. The van der Waals surface area contributed by atoms with Crippen molar-refractivity contribution in [2.45, 2.75) is 57.8 Å². The van der Waals surface area contributed by atoms with Crippen molar-refractivity contribution in [3.63, 3.8) is 0 Å². The highest BCUT2D eigenvalue weighted by atomic mass is 35.5. The van der Waals surface area contributed by atoms with Crippen LogP contribution in [0.25, 0.3) is 0 Å². The third-order valence-electron chi connectivity index (χ3n) is 8.86. The van der Waals surface area contributed by atoms with E-state index in [-0.39, 0.29) is 53.2 Å². The van der Waals surface area contributed by atoms with Crippen molar-refractivity contribution < 1.29 is 23.4 Å². The summed E-state index contributed by atoms with van der Waals surface area (Å²) in [7, 11) is 0. The van der Waals surface area contributed by atoms with Crippen LogP contribution in [0.4, 0.5) is 10.2 Å². The molecule has 2 aromatic heterocycles. The number of rotatable bonds is 6. The molecule has 1 spiro atoms. The van der Waals surface area contributed by atoms with Crippen LogP contribution in [0.2, 0.25) is 0 Å². The second kappa shape index (κ2) is 11.9. The Hall–Kier alpha value is -3.54. The molecule has 0 unspecified atom stereocenters. The smallest absolute Gasteiger partial charge is 0.258 e. The number of hydrogen-bond acceptors (Lipinski definition) is 9. The molecule has 1 aliphatic carbocycles. The molecule has 12 heteroatoms. The predicted molar refractivity (Wildman–Crippen MR) is 160 cm³/mol. The highest BCUT2D eigenvalue weighted by Gasteiger charge is 2.54. The molecule has 43 heavy (non-hydrogen) atoms. The van der Waals surface area contributed by atoms with Crippen molar-refractivity contribution in [1.82, 2.24) is 25.2 Å². The normalized spacial score (nSPS) is 22.6. The quantitative estimate of drug-likeness (QED) is 0.441. The van der Waals surface area contributed by atoms with E-state index < -0.39 is 5.82 Å². The molecule has 4 aliphatic rings. The van der Waals surface area contributed by atoms with E-state index in [9.17, 15) is 9.18 Å². The maximum atomic E-state index is 14.4. The predicted octanol–water partition coefficient (Wildman–Crippen LogP) is 4.17. The highest BCUT2D eigenvalue weighted by molar-refractivity contribution is 5.97. The second-order valence-corrected chi connectivity index (χ2v) is 12.1. The van der Waals surface area contributed by atoms with Crippen LogP contribution in [0.15, 0.2) is 43.0 Å². The van der Waals surface area contributed by atoms with Crippen LogP contribution in [-0.4, -0.2) is 76.8 Å². The molecule has 0 radical (unpaired) electrons. The van der Waals surface area contributed by atoms with Crippen LogP contribution >= 0.6 is 12.4 Å². The van der Waals surface area contributed by atoms with Gasteiger partial charge in [0.1, 0.15) is 29.7 Å². The maximum absolute atomic E-state index is 14.4. The number of nitrogens with one attached hydrogen (secondary N) is 1. The van der Waals surface area contributed by atoms with Crippen LogP contribution in [0, 0.1) is 11.2 Å². The lowest BCUT2D eigenvalue weighted by Gasteiger charge is -2.59. The van der Waals surface area contributed by atoms with Crippen molar-refractivity contribution in [3.05, 3.63) is 65.6 Å². The molecule has 2 saturated heterocycles. The number of pyridine rings is 1. The summed E-state index contributed by atoms with van der Waals surface area (Å²) < 4.78 is 32.6. The molecule has 7 rings (SSSR count). The molecule has 1 saturated carbocycles. The van der Waals surface area contributed by atoms with Crippen molar-refractivity contribution in [1.29, 1.82) is 0 Å². The fourth-order valence-corrected chi connectivity index (χ4v) is 6.83. The molecule has 3 fully saturated rings. The zero-order chi connectivity index (χ0) is 28.8. The molecule has 3 aliphatic heterocycles. The fraction of sp³-hybridized carbons (Fsp3) is 0.484. The third-order valence-corrected chi connectivity index (χ3v) is 8.86. The molecule has 2 atom stereocenters. The Bertz CT molecular complexity index is 1490. The number of nitrogens with zero attached hydrogens (tertiary/aromatic N) is 5. The summed E-state index contributed by atoms with van der Waals surface area (Å²) in [5.74, 6) is 1.51. The lowest BCUT2D eigenvalue weighted by Crippen LogP contribution is -2.65. The van der Waals surface area contributed by atoms with Gasteiger partial charge in [0.15, 0.2) is 11.6 Å². The number of benzene rings is 1. The van der Waals surface area contributed by atoms with E-state index >= 15 is 0 Å². The van der Waals surface area contributed by atoms with Gasteiger partial charge < -0.3 is 29.3 Å². The SMILES string of the molecule is C[C@@H]1COC[C@H](C)N1C(=O)c1cc(F)ccc1Oc1cncnc1N1CC2(CC(Oc3ccnc4c3CNCC4)C2)C1.Cl. The summed E-state index contributed by atoms with van der Waals surface area (Å²) in [4.78, 5) is 30.7. The first-order valence-electron chi connectivity index (χ1n) is 14.7. The van der Waals surface area contributed by atoms with E-state index in [0.717, 1.165) is 56.9 Å². The Morgan fingerprint density at radius 3 is 2.67 bits per heavy atom. The third kappa shape index (κ3) is 5.61. The number of ether oxygens (including phenoxy) is 3. The average Bonchev–Trinajstić information content (AvgIpc) is 2.95. The highest BCUT2D eigenvalue weighted by Crippen LogP contribution is 2.52. The Balaban J connectivity index is 0.00000329. The lowest BCUT2D eigenvalue weighted by molar-refractivity contribution is -0.0349. The molecule has 228 valence electrons. The molecule has 1 N–H and O–H groups in total. The Morgan fingerprint density at radius 2 is 1.88 bits per heavy atom. The largest absolute Gasteiger partial charge is 0.490 e. The van der Waals surface area contributed by atoms with E-state index in [0.29, 0.717) is 24.8 Å². The number of fused-ring (bicyclic) bond motifs is 1. The molecule has 3 aromatic rings. The lowest BCUT2D eigenvalue weighted by atomic mass is 9.61. The summed E-state index contributed by atoms with van der Waals surface area (Å²) in [5.41, 5.74) is 2.65. The second-order valence-electron chi connectivity index (χ2n) is 12.1. The minimum absolute atomic E-state index is 0. The van der Waals surface area contributed by atoms with Gasteiger partial charge in [-0.1, -0.05) is 0 Å². The first-order valence-corrected chi connectivity index (χ1v) is 14.7. The molecule has 5 heterocycles. The van der Waals surface area contributed by atoms with Crippen molar-refractivity contribution in [2.24, 2.45) is 5.41 Å². The summed E-state index contributed by atoms with van der Waals surface area (Å²) in [6.45, 7) is 8.12. The van der Waals surface area contributed by atoms with E-state index in [4.69, 9.17) is 14.2 Å². The van der Waals surface area contributed by atoms with Crippen molar-refractivity contribution in [2.75, 3.05) is 37.7 Å². The fourth-order valence-electron chi connectivity index (χ4n) is 6.83. The zero-order valence-corrected chi connectivity index (χ0v) is 25.1. The minimum atomic E-state index is -0.501. The van der Waals surface area contributed by atoms with Gasteiger partial charge in [-0.2, -0.15) is 0 Å². The van der Waals surface area contributed by atoms with E-state index in [1.165, 1.54) is 30.1 Å². The maximum Gasteiger partial charge on any atom is 0.258 e. The van der Waals surface area contributed by atoms with Crippen LogP contribution in [0.3, 0.4) is 0 Å². The standard InChI is InChI=1S/C31H35FN6O4.ClH/c1-19-14-40-15-20(2)38(19)30(39)23-9-21(32)3-4-26(23)42-28-13-34-18-36-29(28)37-16-31(17-37)10-22(11-31)41-27-6-8-35-25-5-7-33-12-24(25)27;/h3-4,6,8-9,13,18-20,22,33H,5,7,10-12,14-17H2,1-2H3;1H/t19-,20+;. The van der Waals surface area contributed by atoms with Gasteiger partial charge in [0.05, 0.1) is 37.1 Å². The summed E-state index contributed by atoms with van der Waals surface area (Å²) in [6.07, 6.45) is 7.99. The molecule has 1 aromatic carbocycles. The first-order chi connectivity index (χ1) is 20.4. The minimum Gasteiger partial charge on any atom is -0.490 e. The Morgan fingerprint density at radius 1 is 1.09 bits per heavy atom. The molecular weight excluding hydrogens is 575 g/mol. The van der Waals surface area contributed by atoms with Gasteiger partial charge in [0, 0.05) is 55.5 Å². The number of hydrogen-bond donors (Lipinski definition) is 1. The van der Waals surface area contributed by atoms with Crippen LogP contribution in [0.5, 0.6) is 17.2 Å². The van der Waals surface area contributed by atoms with E-state index in [1.54, 1.807) is 11.1 Å². The Labute approximate surface area is 256 Å². The number of amides is 1. The van der Waals surface area contributed by atoms with Crippen LogP contribution in [-0.2, 0) is 17.7 Å². The van der Waals surface area contributed by atoms with E-state index in [2.05, 4.69) is 25.2 Å². The topological polar surface area (TPSA) is 102 Å².